The Kier molecular flexibility index (Phi) is 5.69. The zero-order valence-electron chi connectivity index (χ0n) is 15.2. The molecule has 2 aromatic carbocycles. The summed E-state index contributed by atoms with van der Waals surface area (Å²) in [6.45, 7) is 0.874. The summed E-state index contributed by atoms with van der Waals surface area (Å²) in [7, 11) is 0. The maximum atomic E-state index is 13.5. The molecule has 2 aromatic heterocycles. The fourth-order valence-electron chi connectivity index (χ4n) is 2.80. The number of rotatable bonds is 6. The van der Waals surface area contributed by atoms with Gasteiger partial charge in [-0.05, 0) is 42.0 Å². The van der Waals surface area contributed by atoms with E-state index in [9.17, 15) is 9.18 Å². The zero-order chi connectivity index (χ0) is 20.2. The molecule has 0 atom stereocenters. The summed E-state index contributed by atoms with van der Waals surface area (Å²) < 4.78 is 16.0. The zero-order valence-corrected chi connectivity index (χ0v) is 16.8. The first-order valence-corrected chi connectivity index (χ1v) is 10.1. The summed E-state index contributed by atoms with van der Waals surface area (Å²) in [6, 6.07) is 13.5. The molecular formula is C21H16ClFN4OS. The predicted octanol–water partition coefficient (Wildman–Crippen LogP) is 5.03. The highest BCUT2D eigenvalue weighted by molar-refractivity contribution is 7.22. The van der Waals surface area contributed by atoms with E-state index in [0.717, 1.165) is 5.56 Å². The van der Waals surface area contributed by atoms with Crippen molar-refractivity contribution in [2.75, 3.05) is 11.4 Å². The van der Waals surface area contributed by atoms with Gasteiger partial charge in [-0.15, -0.1) is 0 Å². The van der Waals surface area contributed by atoms with E-state index in [2.05, 4.69) is 10.1 Å². The lowest BCUT2D eigenvalue weighted by atomic mass is 10.2. The van der Waals surface area contributed by atoms with Crippen LogP contribution in [0.3, 0.4) is 0 Å². The van der Waals surface area contributed by atoms with Crippen LogP contribution in [0.2, 0.25) is 5.02 Å². The molecule has 0 bridgehead atoms. The van der Waals surface area contributed by atoms with Crippen molar-refractivity contribution in [3.63, 3.8) is 0 Å². The van der Waals surface area contributed by atoms with Crippen molar-refractivity contribution in [1.29, 1.82) is 0 Å². The molecule has 146 valence electrons. The molecule has 0 saturated heterocycles. The average molecular weight is 427 g/mol. The van der Waals surface area contributed by atoms with Crippen molar-refractivity contribution in [3.8, 4) is 0 Å². The minimum absolute atomic E-state index is 0.239. The number of benzene rings is 2. The smallest absolute Gasteiger partial charge is 0.252 e. The van der Waals surface area contributed by atoms with Crippen LogP contribution in [-0.2, 0) is 11.3 Å². The number of halogens is 2. The summed E-state index contributed by atoms with van der Waals surface area (Å²) >= 11 is 7.44. The van der Waals surface area contributed by atoms with Crippen LogP contribution < -0.4 is 4.90 Å². The van der Waals surface area contributed by atoms with Crippen molar-refractivity contribution in [2.45, 2.75) is 6.54 Å². The molecule has 29 heavy (non-hydrogen) atoms. The number of anilines is 1. The molecular weight excluding hydrogens is 411 g/mol. The number of amides is 1. The van der Waals surface area contributed by atoms with Crippen LogP contribution in [-0.4, -0.2) is 27.2 Å². The minimum atomic E-state index is -0.333. The Morgan fingerprint density at radius 1 is 1.24 bits per heavy atom. The molecule has 1 amide bonds. The molecule has 0 aliphatic rings. The van der Waals surface area contributed by atoms with E-state index in [1.807, 2.05) is 30.5 Å². The summed E-state index contributed by atoms with van der Waals surface area (Å²) in [5.41, 5.74) is 1.40. The highest BCUT2D eigenvalue weighted by Gasteiger charge is 2.18. The largest absolute Gasteiger partial charge is 0.283 e. The molecule has 0 fully saturated rings. The minimum Gasteiger partial charge on any atom is -0.283 e. The Morgan fingerprint density at radius 2 is 2.10 bits per heavy atom. The number of carbonyl (C=O) groups excluding carboxylic acids is 1. The Hall–Kier alpha value is -3.03. The van der Waals surface area contributed by atoms with Crippen LogP contribution in [0.4, 0.5) is 9.52 Å². The average Bonchev–Trinajstić information content (AvgIpc) is 3.37. The Labute approximate surface area is 175 Å². The van der Waals surface area contributed by atoms with Gasteiger partial charge < -0.3 is 0 Å². The van der Waals surface area contributed by atoms with Crippen LogP contribution in [0.15, 0.2) is 67.0 Å². The van der Waals surface area contributed by atoms with Crippen LogP contribution in [0.5, 0.6) is 0 Å². The van der Waals surface area contributed by atoms with E-state index >= 15 is 0 Å². The first kappa shape index (κ1) is 19.3. The first-order valence-electron chi connectivity index (χ1n) is 8.88. The summed E-state index contributed by atoms with van der Waals surface area (Å²) in [5.74, 6) is -0.572. The van der Waals surface area contributed by atoms with Gasteiger partial charge in [-0.2, -0.15) is 5.10 Å². The SMILES string of the molecule is O=C(/C=C/c1ccccc1Cl)N(CCn1cccn1)c1nc2ccc(F)cc2s1. The van der Waals surface area contributed by atoms with Crippen molar-refractivity contribution in [3.05, 3.63) is 83.4 Å². The van der Waals surface area contributed by atoms with Crippen molar-refractivity contribution >= 4 is 50.3 Å². The van der Waals surface area contributed by atoms with Gasteiger partial charge in [0, 0.05) is 30.0 Å². The topological polar surface area (TPSA) is 51.0 Å². The normalized spacial score (nSPS) is 11.4. The maximum absolute atomic E-state index is 13.5. The third-order valence-electron chi connectivity index (χ3n) is 4.26. The van der Waals surface area contributed by atoms with Gasteiger partial charge in [0.05, 0.1) is 16.8 Å². The Balaban J connectivity index is 1.63. The van der Waals surface area contributed by atoms with E-state index in [4.69, 9.17) is 11.6 Å². The molecule has 5 nitrogen and oxygen atoms in total. The molecule has 0 unspecified atom stereocenters. The first-order chi connectivity index (χ1) is 14.1. The van der Waals surface area contributed by atoms with E-state index < -0.39 is 0 Å². The van der Waals surface area contributed by atoms with E-state index in [-0.39, 0.29) is 11.7 Å². The fraction of sp³-hybridized carbons (Fsp3) is 0.0952. The second kappa shape index (κ2) is 8.55. The molecule has 4 rings (SSSR count). The Bertz CT molecular complexity index is 1170. The molecule has 0 aliphatic heterocycles. The summed E-state index contributed by atoms with van der Waals surface area (Å²) in [5, 5.41) is 5.25. The van der Waals surface area contributed by atoms with Crippen molar-refractivity contribution in [1.82, 2.24) is 14.8 Å². The number of aromatic nitrogens is 3. The lowest BCUT2D eigenvalue weighted by molar-refractivity contribution is -0.114. The quantitative estimate of drug-likeness (QED) is 0.406. The molecule has 0 spiro atoms. The van der Waals surface area contributed by atoms with Gasteiger partial charge in [0.2, 0.25) is 0 Å². The van der Waals surface area contributed by atoms with Gasteiger partial charge in [0.15, 0.2) is 5.13 Å². The number of hydrogen-bond acceptors (Lipinski definition) is 4. The number of carbonyl (C=O) groups is 1. The van der Waals surface area contributed by atoms with Gasteiger partial charge in [0.25, 0.3) is 5.91 Å². The summed E-state index contributed by atoms with van der Waals surface area (Å²) in [4.78, 5) is 19.1. The van der Waals surface area contributed by atoms with Crippen LogP contribution in [0, 0.1) is 5.82 Å². The third kappa shape index (κ3) is 4.52. The van der Waals surface area contributed by atoms with E-state index in [1.165, 1.54) is 29.5 Å². The number of hydrogen-bond donors (Lipinski definition) is 0. The standard InChI is InChI=1S/C21H16ClFN4OS/c22-17-5-2-1-4-15(17)6-9-20(28)27(13-12-26-11-3-10-24-26)21-25-18-8-7-16(23)14-19(18)29-21/h1-11,14H,12-13H2/b9-6+. The number of thiazole rings is 1. The van der Waals surface area contributed by atoms with Gasteiger partial charge >= 0.3 is 0 Å². The molecule has 0 radical (unpaired) electrons. The predicted molar refractivity (Wildman–Crippen MR) is 115 cm³/mol. The molecule has 0 aliphatic carbocycles. The lowest BCUT2D eigenvalue weighted by Gasteiger charge is -2.18. The van der Waals surface area contributed by atoms with Crippen LogP contribution >= 0.6 is 22.9 Å². The van der Waals surface area contributed by atoms with Gasteiger partial charge in [-0.1, -0.05) is 41.1 Å². The van der Waals surface area contributed by atoms with E-state index in [0.29, 0.717) is 33.5 Å². The van der Waals surface area contributed by atoms with Crippen molar-refractivity contribution in [2.24, 2.45) is 0 Å². The lowest BCUT2D eigenvalue weighted by Crippen LogP contribution is -2.32. The van der Waals surface area contributed by atoms with Crippen LogP contribution in [0.25, 0.3) is 16.3 Å². The highest BCUT2D eigenvalue weighted by atomic mass is 35.5. The van der Waals surface area contributed by atoms with Gasteiger partial charge in [-0.25, -0.2) is 9.37 Å². The third-order valence-corrected chi connectivity index (χ3v) is 5.64. The molecule has 4 aromatic rings. The molecule has 8 heteroatoms. The summed E-state index contributed by atoms with van der Waals surface area (Å²) in [6.07, 6.45) is 6.66. The molecule has 0 saturated carbocycles. The van der Waals surface area contributed by atoms with Crippen molar-refractivity contribution < 1.29 is 9.18 Å². The Morgan fingerprint density at radius 3 is 2.90 bits per heavy atom. The highest BCUT2D eigenvalue weighted by Crippen LogP contribution is 2.29. The van der Waals surface area contributed by atoms with Gasteiger partial charge in [0.1, 0.15) is 5.82 Å². The fourth-order valence-corrected chi connectivity index (χ4v) is 4.02. The monoisotopic (exact) mass is 426 g/mol. The second-order valence-corrected chi connectivity index (χ2v) is 7.64. The molecule has 2 heterocycles. The van der Waals surface area contributed by atoms with E-state index in [1.54, 1.807) is 34.0 Å². The number of fused-ring (bicyclic) bond motifs is 1. The molecule has 0 N–H and O–H groups in total. The second-order valence-electron chi connectivity index (χ2n) is 6.22. The number of nitrogens with zero attached hydrogens (tertiary/aromatic N) is 4. The van der Waals surface area contributed by atoms with Gasteiger partial charge in [-0.3, -0.25) is 14.4 Å². The van der Waals surface area contributed by atoms with Crippen LogP contribution in [0.1, 0.15) is 5.56 Å². The maximum Gasteiger partial charge on any atom is 0.252 e.